The number of ether oxygens (including phenoxy) is 1. The first-order valence-corrected chi connectivity index (χ1v) is 7.69. The highest BCUT2D eigenvalue weighted by molar-refractivity contribution is 7.90. The summed E-state index contributed by atoms with van der Waals surface area (Å²) in [5.74, 6) is -0.430. The van der Waals surface area contributed by atoms with Crippen molar-refractivity contribution in [3.8, 4) is 0 Å². The monoisotopic (exact) mass is 284 g/mol. The predicted molar refractivity (Wildman–Crippen MR) is 70.5 cm³/mol. The molecule has 0 aromatic heterocycles. The second kappa shape index (κ2) is 4.92. The van der Waals surface area contributed by atoms with E-state index in [1.165, 1.54) is 12.1 Å². The molecule has 0 radical (unpaired) electrons. The van der Waals surface area contributed by atoms with Crippen LogP contribution in [-0.2, 0) is 19.4 Å². The number of amides is 1. The summed E-state index contributed by atoms with van der Waals surface area (Å²) in [5.41, 5.74) is 5.07. The molecule has 0 saturated carbocycles. The van der Waals surface area contributed by atoms with Crippen LogP contribution < -0.4 is 11.1 Å². The summed E-state index contributed by atoms with van der Waals surface area (Å²) >= 11 is 0. The van der Waals surface area contributed by atoms with Crippen molar-refractivity contribution in [1.29, 1.82) is 0 Å². The molecule has 1 unspecified atom stereocenters. The van der Waals surface area contributed by atoms with Crippen LogP contribution in [0, 0.1) is 0 Å². The number of sulfone groups is 1. The molecule has 0 spiro atoms. The Hall–Kier alpha value is -1.44. The van der Waals surface area contributed by atoms with E-state index in [9.17, 15) is 13.2 Å². The molecule has 104 valence electrons. The van der Waals surface area contributed by atoms with E-state index in [1.807, 2.05) is 0 Å². The molecule has 1 aliphatic heterocycles. The van der Waals surface area contributed by atoms with E-state index in [0.717, 1.165) is 6.26 Å². The number of carbonyl (C=O) groups excluding carboxylic acids is 1. The van der Waals surface area contributed by atoms with Gasteiger partial charge < -0.3 is 15.8 Å². The number of anilines is 1. The molecule has 7 heteroatoms. The Balaban J connectivity index is 2.27. The fourth-order valence-corrected chi connectivity index (χ4v) is 2.74. The number of hydrogen-bond acceptors (Lipinski definition) is 5. The maximum absolute atomic E-state index is 12.1. The number of rotatable bonds is 3. The fraction of sp³-hybridized carbons (Fsp3) is 0.417. The van der Waals surface area contributed by atoms with E-state index in [0.29, 0.717) is 13.0 Å². The van der Waals surface area contributed by atoms with Crippen molar-refractivity contribution in [1.82, 2.24) is 0 Å². The lowest BCUT2D eigenvalue weighted by molar-refractivity contribution is -0.121. The van der Waals surface area contributed by atoms with Crippen LogP contribution in [0.15, 0.2) is 29.2 Å². The standard InChI is InChI=1S/C12H16N2O4S/c1-19(16,17)10-5-3-2-4-9(10)14-11(15)12(13)6-7-18-8-12/h2-5H,6-8,13H2,1H3,(H,14,15). The number of para-hydroxylation sites is 1. The molecule has 3 N–H and O–H groups in total. The summed E-state index contributed by atoms with van der Waals surface area (Å²) in [5, 5.41) is 2.58. The smallest absolute Gasteiger partial charge is 0.246 e. The maximum atomic E-state index is 12.1. The molecule has 1 atom stereocenters. The van der Waals surface area contributed by atoms with Crippen LogP contribution in [0.1, 0.15) is 6.42 Å². The van der Waals surface area contributed by atoms with Crippen LogP contribution in [-0.4, -0.2) is 39.3 Å². The zero-order chi connectivity index (χ0) is 14.1. The molecule has 1 fully saturated rings. The highest BCUT2D eigenvalue weighted by Crippen LogP contribution is 2.23. The van der Waals surface area contributed by atoms with Crippen molar-refractivity contribution in [3.63, 3.8) is 0 Å². The number of nitrogens with two attached hydrogens (primary N) is 1. The van der Waals surface area contributed by atoms with E-state index in [2.05, 4.69) is 5.32 Å². The zero-order valence-electron chi connectivity index (χ0n) is 10.5. The van der Waals surface area contributed by atoms with Crippen molar-refractivity contribution in [2.75, 3.05) is 24.8 Å². The van der Waals surface area contributed by atoms with Gasteiger partial charge in [-0.25, -0.2) is 8.42 Å². The summed E-state index contributed by atoms with van der Waals surface area (Å²) in [6.45, 7) is 0.567. The Morgan fingerprint density at radius 3 is 2.68 bits per heavy atom. The molecule has 1 aliphatic rings. The van der Waals surface area contributed by atoms with E-state index in [-0.39, 0.29) is 17.2 Å². The van der Waals surface area contributed by atoms with Crippen LogP contribution in [0.2, 0.25) is 0 Å². The van der Waals surface area contributed by atoms with Crippen molar-refractivity contribution in [2.45, 2.75) is 16.9 Å². The largest absolute Gasteiger partial charge is 0.379 e. The molecule has 0 aliphatic carbocycles. The third-order valence-corrected chi connectivity index (χ3v) is 4.19. The molecule has 1 amide bonds. The van der Waals surface area contributed by atoms with E-state index >= 15 is 0 Å². The highest BCUT2D eigenvalue weighted by atomic mass is 32.2. The Morgan fingerprint density at radius 1 is 1.42 bits per heavy atom. The topological polar surface area (TPSA) is 98.5 Å². The fourth-order valence-electron chi connectivity index (χ4n) is 1.90. The van der Waals surface area contributed by atoms with Gasteiger partial charge in [0, 0.05) is 12.9 Å². The average Bonchev–Trinajstić information content (AvgIpc) is 2.77. The van der Waals surface area contributed by atoms with Crippen LogP contribution in [0.4, 0.5) is 5.69 Å². The van der Waals surface area contributed by atoms with E-state index < -0.39 is 21.3 Å². The molecule has 0 bridgehead atoms. The lowest BCUT2D eigenvalue weighted by Gasteiger charge is -2.21. The van der Waals surface area contributed by atoms with Gasteiger partial charge in [0.1, 0.15) is 5.54 Å². The summed E-state index contributed by atoms with van der Waals surface area (Å²) < 4.78 is 28.4. The molecular weight excluding hydrogens is 268 g/mol. The third-order valence-electron chi connectivity index (χ3n) is 3.04. The molecule has 6 nitrogen and oxygen atoms in total. The van der Waals surface area contributed by atoms with Crippen molar-refractivity contribution >= 4 is 21.4 Å². The minimum atomic E-state index is -3.41. The maximum Gasteiger partial charge on any atom is 0.246 e. The molecular formula is C12H16N2O4S. The lowest BCUT2D eigenvalue weighted by atomic mass is 9.99. The number of hydrogen-bond donors (Lipinski definition) is 2. The quantitative estimate of drug-likeness (QED) is 0.823. The van der Waals surface area contributed by atoms with Gasteiger partial charge >= 0.3 is 0 Å². The summed E-state index contributed by atoms with van der Waals surface area (Å²) in [7, 11) is -3.41. The zero-order valence-corrected chi connectivity index (χ0v) is 11.4. The van der Waals surface area contributed by atoms with Gasteiger partial charge in [-0.15, -0.1) is 0 Å². The Morgan fingerprint density at radius 2 is 2.11 bits per heavy atom. The molecule has 1 saturated heterocycles. The SMILES string of the molecule is CS(=O)(=O)c1ccccc1NC(=O)C1(N)CCOC1. The number of carbonyl (C=O) groups is 1. The second-order valence-corrected chi connectivity index (χ2v) is 6.67. The van der Waals surface area contributed by atoms with Gasteiger partial charge in [0.25, 0.3) is 0 Å². The van der Waals surface area contributed by atoms with Gasteiger partial charge in [-0.2, -0.15) is 0 Å². The van der Waals surface area contributed by atoms with Crippen molar-refractivity contribution in [2.24, 2.45) is 5.73 Å². The molecule has 1 aromatic carbocycles. The first-order valence-electron chi connectivity index (χ1n) is 5.80. The molecule has 19 heavy (non-hydrogen) atoms. The van der Waals surface area contributed by atoms with Crippen LogP contribution in [0.25, 0.3) is 0 Å². The molecule has 2 rings (SSSR count). The van der Waals surface area contributed by atoms with E-state index in [1.54, 1.807) is 12.1 Å². The average molecular weight is 284 g/mol. The van der Waals surface area contributed by atoms with Crippen LogP contribution >= 0.6 is 0 Å². The summed E-state index contributed by atoms with van der Waals surface area (Å²) in [6.07, 6.45) is 1.51. The Labute approximate surface area is 111 Å². The lowest BCUT2D eigenvalue weighted by Crippen LogP contribution is -2.51. The Bertz CT molecular complexity index is 592. The highest BCUT2D eigenvalue weighted by Gasteiger charge is 2.38. The number of benzene rings is 1. The molecule has 1 aromatic rings. The van der Waals surface area contributed by atoms with Crippen LogP contribution in [0.3, 0.4) is 0 Å². The first-order chi connectivity index (χ1) is 8.83. The van der Waals surface area contributed by atoms with Crippen molar-refractivity contribution in [3.05, 3.63) is 24.3 Å². The second-order valence-electron chi connectivity index (χ2n) is 4.68. The summed E-state index contributed by atoms with van der Waals surface area (Å²) in [6, 6.07) is 6.23. The normalized spacial score (nSPS) is 23.3. The minimum absolute atomic E-state index is 0.0749. The first kappa shape index (κ1) is 14.0. The van der Waals surface area contributed by atoms with Gasteiger partial charge in [-0.05, 0) is 18.6 Å². The van der Waals surface area contributed by atoms with Gasteiger partial charge in [0.2, 0.25) is 5.91 Å². The van der Waals surface area contributed by atoms with Crippen molar-refractivity contribution < 1.29 is 17.9 Å². The van der Waals surface area contributed by atoms with Gasteiger partial charge in [0.15, 0.2) is 9.84 Å². The third kappa shape index (κ3) is 2.94. The minimum Gasteiger partial charge on any atom is -0.379 e. The predicted octanol–water partition coefficient (Wildman–Crippen LogP) is 0.146. The van der Waals surface area contributed by atoms with Gasteiger partial charge in [-0.1, -0.05) is 12.1 Å². The number of nitrogens with one attached hydrogen (secondary N) is 1. The van der Waals surface area contributed by atoms with Crippen LogP contribution in [0.5, 0.6) is 0 Å². The summed E-state index contributed by atoms with van der Waals surface area (Å²) in [4.78, 5) is 12.2. The van der Waals surface area contributed by atoms with E-state index in [4.69, 9.17) is 10.5 Å². The van der Waals surface area contributed by atoms with Gasteiger partial charge in [-0.3, -0.25) is 4.79 Å². The molecule has 1 heterocycles. The Kier molecular flexibility index (Phi) is 3.62. The van der Waals surface area contributed by atoms with Gasteiger partial charge in [0.05, 0.1) is 17.2 Å².